The first-order valence-electron chi connectivity index (χ1n) is 7.86. The van der Waals surface area contributed by atoms with Crippen LogP contribution in [0.4, 0.5) is 10.1 Å². The Kier molecular flexibility index (Phi) is 5.79. The van der Waals surface area contributed by atoms with Gasteiger partial charge in [0.25, 0.3) is 5.91 Å². The molecule has 5 nitrogen and oxygen atoms in total. The predicted molar refractivity (Wildman–Crippen MR) is 96.6 cm³/mol. The lowest BCUT2D eigenvalue weighted by Crippen LogP contribution is -2.29. The van der Waals surface area contributed by atoms with E-state index in [2.05, 4.69) is 5.32 Å². The largest absolute Gasteiger partial charge is 0.346 e. The van der Waals surface area contributed by atoms with E-state index >= 15 is 0 Å². The quantitative estimate of drug-likeness (QED) is 0.856. The average molecular weight is 364 g/mol. The highest BCUT2D eigenvalue weighted by atomic mass is 32.2. The summed E-state index contributed by atoms with van der Waals surface area (Å²) in [6, 6.07) is 12.0. The first-order valence-corrected chi connectivity index (χ1v) is 9.71. The Hall–Kier alpha value is -2.41. The normalized spacial score (nSPS) is 12.5. The number of carbonyl (C=O) groups excluding carboxylic acids is 1. The summed E-state index contributed by atoms with van der Waals surface area (Å²) in [6.07, 6.45) is 1.14. The Bertz CT molecular complexity index is 834. The van der Waals surface area contributed by atoms with Crippen LogP contribution in [0.2, 0.25) is 0 Å². The van der Waals surface area contributed by atoms with E-state index in [1.54, 1.807) is 43.3 Å². The first kappa shape index (κ1) is 18.9. The van der Waals surface area contributed by atoms with Crippen molar-refractivity contribution in [2.75, 3.05) is 17.1 Å². The van der Waals surface area contributed by atoms with E-state index in [0.29, 0.717) is 17.8 Å². The Morgan fingerprint density at radius 3 is 2.16 bits per heavy atom. The third-order valence-corrected chi connectivity index (χ3v) is 5.09. The molecule has 0 radical (unpaired) electrons. The van der Waals surface area contributed by atoms with Gasteiger partial charge in [-0.05, 0) is 55.8 Å². The van der Waals surface area contributed by atoms with Crippen molar-refractivity contribution in [3.8, 4) is 0 Å². The van der Waals surface area contributed by atoms with Crippen LogP contribution in [0.5, 0.6) is 0 Å². The van der Waals surface area contributed by atoms with E-state index in [9.17, 15) is 17.6 Å². The molecule has 0 saturated heterocycles. The summed E-state index contributed by atoms with van der Waals surface area (Å²) in [7, 11) is -3.36. The van der Waals surface area contributed by atoms with Gasteiger partial charge in [0.05, 0.1) is 18.0 Å². The van der Waals surface area contributed by atoms with Gasteiger partial charge in [-0.2, -0.15) is 0 Å². The molecule has 0 heterocycles. The molecule has 1 atom stereocenters. The Morgan fingerprint density at radius 1 is 1.12 bits per heavy atom. The molecule has 2 aromatic carbocycles. The van der Waals surface area contributed by atoms with Crippen LogP contribution in [0.15, 0.2) is 48.5 Å². The molecule has 1 amide bonds. The number of nitrogens with zero attached hydrogens (tertiary/aromatic N) is 1. The molecule has 1 N–H and O–H groups in total. The fourth-order valence-corrected chi connectivity index (χ4v) is 3.48. The number of benzene rings is 2. The van der Waals surface area contributed by atoms with Crippen molar-refractivity contribution in [1.82, 2.24) is 5.32 Å². The third kappa shape index (κ3) is 4.79. The van der Waals surface area contributed by atoms with Crippen molar-refractivity contribution in [3.05, 3.63) is 65.5 Å². The van der Waals surface area contributed by atoms with Crippen LogP contribution >= 0.6 is 0 Å². The highest BCUT2D eigenvalue weighted by molar-refractivity contribution is 7.92. The van der Waals surface area contributed by atoms with Crippen LogP contribution in [0.1, 0.15) is 35.8 Å². The molecular formula is C18H21FN2O3S. The second-order valence-electron chi connectivity index (χ2n) is 5.72. The zero-order chi connectivity index (χ0) is 18.6. The number of rotatable bonds is 6. The van der Waals surface area contributed by atoms with Gasteiger partial charge in [0.15, 0.2) is 0 Å². The van der Waals surface area contributed by atoms with Gasteiger partial charge in [0, 0.05) is 12.1 Å². The summed E-state index contributed by atoms with van der Waals surface area (Å²) in [6.45, 7) is 3.86. The third-order valence-electron chi connectivity index (χ3n) is 3.82. The molecule has 2 rings (SSSR count). The number of halogens is 1. The van der Waals surface area contributed by atoms with Crippen LogP contribution in [0, 0.1) is 5.82 Å². The summed E-state index contributed by atoms with van der Waals surface area (Å²) in [5, 5.41) is 2.83. The maximum Gasteiger partial charge on any atom is 0.251 e. The minimum absolute atomic E-state index is 0.282. The topological polar surface area (TPSA) is 66.5 Å². The molecule has 0 bridgehead atoms. The summed E-state index contributed by atoms with van der Waals surface area (Å²) in [5.41, 5.74) is 1.72. The maximum absolute atomic E-state index is 13.0. The molecule has 2 aromatic rings. The summed E-state index contributed by atoms with van der Waals surface area (Å²) < 4.78 is 37.7. The molecule has 0 fully saturated rings. The van der Waals surface area contributed by atoms with Crippen molar-refractivity contribution in [2.24, 2.45) is 0 Å². The molecule has 7 heteroatoms. The number of hydrogen-bond donors (Lipinski definition) is 1. The van der Waals surface area contributed by atoms with Crippen molar-refractivity contribution in [1.29, 1.82) is 0 Å². The lowest BCUT2D eigenvalue weighted by Gasteiger charge is -2.20. The lowest BCUT2D eigenvalue weighted by molar-refractivity contribution is 0.0940. The Morgan fingerprint density at radius 2 is 1.68 bits per heavy atom. The van der Waals surface area contributed by atoms with Gasteiger partial charge in [-0.25, -0.2) is 12.8 Å². The molecule has 0 saturated carbocycles. The van der Waals surface area contributed by atoms with E-state index in [-0.39, 0.29) is 17.8 Å². The highest BCUT2D eigenvalue weighted by Crippen LogP contribution is 2.19. The zero-order valence-electron chi connectivity index (χ0n) is 14.4. The van der Waals surface area contributed by atoms with Gasteiger partial charge in [-0.1, -0.05) is 12.1 Å². The van der Waals surface area contributed by atoms with Crippen LogP contribution in [-0.4, -0.2) is 27.1 Å². The Balaban J connectivity index is 2.11. The number of amides is 1. The van der Waals surface area contributed by atoms with Gasteiger partial charge in [0.2, 0.25) is 10.0 Å². The minimum atomic E-state index is -3.36. The van der Waals surface area contributed by atoms with E-state index in [0.717, 1.165) is 11.8 Å². The minimum Gasteiger partial charge on any atom is -0.346 e. The fraction of sp³-hybridized carbons (Fsp3) is 0.278. The molecular weight excluding hydrogens is 343 g/mol. The molecule has 134 valence electrons. The zero-order valence-corrected chi connectivity index (χ0v) is 15.2. The smallest absolute Gasteiger partial charge is 0.251 e. The van der Waals surface area contributed by atoms with Crippen LogP contribution in [0.25, 0.3) is 0 Å². The number of carbonyl (C=O) groups is 1. The fourth-order valence-electron chi connectivity index (χ4n) is 2.50. The SMILES string of the molecule is CCN(c1ccc(C(=O)N[C@@H](C)c2ccc(F)cc2)cc1)S(C)(=O)=O. The second-order valence-corrected chi connectivity index (χ2v) is 7.63. The second kappa shape index (κ2) is 7.65. The predicted octanol–water partition coefficient (Wildman–Crippen LogP) is 3.10. The van der Waals surface area contributed by atoms with Crippen molar-refractivity contribution >= 4 is 21.6 Å². The summed E-state index contributed by atoms with van der Waals surface area (Å²) in [4.78, 5) is 12.3. The van der Waals surface area contributed by atoms with Gasteiger partial charge in [-0.15, -0.1) is 0 Å². The van der Waals surface area contributed by atoms with Crippen LogP contribution in [-0.2, 0) is 10.0 Å². The lowest BCUT2D eigenvalue weighted by atomic mass is 10.1. The molecule has 0 aliphatic heterocycles. The van der Waals surface area contributed by atoms with Crippen LogP contribution < -0.4 is 9.62 Å². The van der Waals surface area contributed by atoms with Crippen molar-refractivity contribution in [3.63, 3.8) is 0 Å². The van der Waals surface area contributed by atoms with Crippen LogP contribution in [0.3, 0.4) is 0 Å². The van der Waals surface area contributed by atoms with E-state index < -0.39 is 10.0 Å². The summed E-state index contributed by atoms with van der Waals surface area (Å²) in [5.74, 6) is -0.616. The molecule has 0 aromatic heterocycles. The number of nitrogens with one attached hydrogen (secondary N) is 1. The standard InChI is InChI=1S/C18H21FN2O3S/c1-4-21(25(3,23)24)17-11-7-15(8-12-17)18(22)20-13(2)14-5-9-16(19)10-6-14/h5-13H,4H2,1-3H3,(H,20,22)/t13-/m0/s1. The number of hydrogen-bond acceptors (Lipinski definition) is 3. The van der Waals surface area contributed by atoms with E-state index in [1.807, 2.05) is 6.92 Å². The Labute approximate surface area is 147 Å². The van der Waals surface area contributed by atoms with E-state index in [1.165, 1.54) is 16.4 Å². The van der Waals surface area contributed by atoms with Crippen molar-refractivity contribution < 1.29 is 17.6 Å². The average Bonchev–Trinajstić information content (AvgIpc) is 2.55. The van der Waals surface area contributed by atoms with E-state index in [4.69, 9.17) is 0 Å². The molecule has 25 heavy (non-hydrogen) atoms. The molecule has 0 aliphatic rings. The maximum atomic E-state index is 13.0. The molecule has 0 aliphatic carbocycles. The number of anilines is 1. The summed E-state index contributed by atoms with van der Waals surface area (Å²) >= 11 is 0. The first-order chi connectivity index (χ1) is 11.7. The van der Waals surface area contributed by atoms with Gasteiger partial charge < -0.3 is 5.32 Å². The monoisotopic (exact) mass is 364 g/mol. The highest BCUT2D eigenvalue weighted by Gasteiger charge is 2.16. The van der Waals surface area contributed by atoms with Gasteiger partial charge >= 0.3 is 0 Å². The number of sulfonamides is 1. The van der Waals surface area contributed by atoms with Crippen molar-refractivity contribution in [2.45, 2.75) is 19.9 Å². The van der Waals surface area contributed by atoms with Gasteiger partial charge in [-0.3, -0.25) is 9.10 Å². The molecule has 0 spiro atoms. The molecule has 0 unspecified atom stereocenters. The van der Waals surface area contributed by atoms with Gasteiger partial charge in [0.1, 0.15) is 5.82 Å².